The fourth-order valence-electron chi connectivity index (χ4n) is 1.70. The third-order valence-corrected chi connectivity index (χ3v) is 3.45. The Labute approximate surface area is 126 Å². The molecule has 0 radical (unpaired) electrons. The van der Waals surface area contributed by atoms with Crippen molar-refractivity contribution in [3.8, 4) is 0 Å². The number of anilines is 1. The van der Waals surface area contributed by atoms with Gasteiger partial charge in [-0.1, -0.05) is 13.8 Å². The van der Waals surface area contributed by atoms with Crippen LogP contribution in [0, 0.1) is 5.92 Å². The molecular formula is C13H18N2O5S. The molecule has 2 amide bonds. The first-order valence-electron chi connectivity index (χ1n) is 6.31. The normalized spacial score (nSPS) is 11.8. The zero-order valence-corrected chi connectivity index (χ0v) is 12.8. The van der Waals surface area contributed by atoms with Crippen molar-refractivity contribution in [1.29, 1.82) is 0 Å². The number of carboxylic acids is 1. The zero-order chi connectivity index (χ0) is 16.0. The van der Waals surface area contributed by atoms with Crippen LogP contribution in [0.25, 0.3) is 0 Å². The van der Waals surface area contributed by atoms with E-state index in [0.29, 0.717) is 6.42 Å². The van der Waals surface area contributed by atoms with E-state index in [9.17, 15) is 14.4 Å². The molecule has 1 rings (SSSR count). The Morgan fingerprint density at radius 1 is 1.38 bits per heavy atom. The van der Waals surface area contributed by atoms with Crippen molar-refractivity contribution in [3.05, 3.63) is 17.0 Å². The number of carbonyl (C=O) groups excluding carboxylic acids is 2. The predicted octanol–water partition coefficient (Wildman–Crippen LogP) is 2.16. The van der Waals surface area contributed by atoms with Crippen LogP contribution in [0.4, 0.5) is 9.80 Å². The molecular weight excluding hydrogens is 296 g/mol. The molecule has 3 N–H and O–H groups in total. The van der Waals surface area contributed by atoms with E-state index in [-0.39, 0.29) is 16.5 Å². The van der Waals surface area contributed by atoms with Gasteiger partial charge in [-0.3, -0.25) is 5.32 Å². The van der Waals surface area contributed by atoms with Crippen LogP contribution in [-0.2, 0) is 9.53 Å². The number of carbonyl (C=O) groups is 3. The van der Waals surface area contributed by atoms with Crippen LogP contribution in [-0.4, -0.2) is 36.2 Å². The molecule has 8 heteroatoms. The standard InChI is InChI=1S/C13H18N2O5S/c1-7(2)6-9(12(18)20-3)14-13(19)15-10-8(11(16)17)4-5-21-10/h4-5,7,9H,6H2,1-3H3,(H,16,17)(H2,14,15,19). The van der Waals surface area contributed by atoms with Gasteiger partial charge < -0.3 is 15.2 Å². The van der Waals surface area contributed by atoms with E-state index < -0.39 is 24.0 Å². The lowest BCUT2D eigenvalue weighted by Gasteiger charge is -2.18. The van der Waals surface area contributed by atoms with Crippen LogP contribution >= 0.6 is 11.3 Å². The third kappa shape index (κ3) is 5.07. The number of thiophene rings is 1. The van der Waals surface area contributed by atoms with Crippen LogP contribution in [0.1, 0.15) is 30.6 Å². The highest BCUT2D eigenvalue weighted by Crippen LogP contribution is 2.23. The van der Waals surface area contributed by atoms with Crippen LogP contribution < -0.4 is 10.6 Å². The van der Waals surface area contributed by atoms with E-state index in [1.165, 1.54) is 13.2 Å². The number of aromatic carboxylic acids is 1. The van der Waals surface area contributed by atoms with Crippen LogP contribution in [0.5, 0.6) is 0 Å². The molecule has 0 saturated carbocycles. The first-order valence-corrected chi connectivity index (χ1v) is 7.19. The van der Waals surface area contributed by atoms with Crippen molar-refractivity contribution in [3.63, 3.8) is 0 Å². The molecule has 1 atom stereocenters. The third-order valence-electron chi connectivity index (χ3n) is 2.62. The lowest BCUT2D eigenvalue weighted by molar-refractivity contribution is -0.143. The highest BCUT2D eigenvalue weighted by Gasteiger charge is 2.23. The largest absolute Gasteiger partial charge is 0.478 e. The van der Waals surface area contributed by atoms with E-state index in [1.54, 1.807) is 5.38 Å². The van der Waals surface area contributed by atoms with Crippen molar-refractivity contribution in [2.75, 3.05) is 12.4 Å². The Hall–Kier alpha value is -2.09. The molecule has 1 heterocycles. The summed E-state index contributed by atoms with van der Waals surface area (Å²) in [4.78, 5) is 34.4. The van der Waals surface area contributed by atoms with E-state index >= 15 is 0 Å². The summed E-state index contributed by atoms with van der Waals surface area (Å²) in [7, 11) is 1.25. The summed E-state index contributed by atoms with van der Waals surface area (Å²) < 4.78 is 4.64. The smallest absolute Gasteiger partial charge is 0.338 e. The molecule has 7 nitrogen and oxygen atoms in total. The summed E-state index contributed by atoms with van der Waals surface area (Å²) in [5.74, 6) is -1.48. The van der Waals surface area contributed by atoms with E-state index in [0.717, 1.165) is 11.3 Å². The van der Waals surface area contributed by atoms with E-state index in [4.69, 9.17) is 5.11 Å². The van der Waals surface area contributed by atoms with Gasteiger partial charge in [0.1, 0.15) is 11.0 Å². The van der Waals surface area contributed by atoms with Gasteiger partial charge in [0.05, 0.1) is 12.7 Å². The maximum atomic E-state index is 11.9. The monoisotopic (exact) mass is 314 g/mol. The fourth-order valence-corrected chi connectivity index (χ4v) is 2.47. The summed E-state index contributed by atoms with van der Waals surface area (Å²) in [6, 6.07) is -0.0200. The predicted molar refractivity (Wildman–Crippen MR) is 78.7 cm³/mol. The van der Waals surface area contributed by atoms with Crippen molar-refractivity contribution in [2.24, 2.45) is 5.92 Å². The molecule has 0 bridgehead atoms. The minimum atomic E-state index is -1.13. The Kier molecular flexibility index (Phi) is 6.16. The molecule has 1 aromatic heterocycles. The van der Waals surface area contributed by atoms with Crippen LogP contribution in [0.2, 0.25) is 0 Å². The summed E-state index contributed by atoms with van der Waals surface area (Å²) in [5, 5.41) is 15.7. The Bertz CT molecular complexity index is 526. The van der Waals surface area contributed by atoms with Gasteiger partial charge in [-0.25, -0.2) is 14.4 Å². The number of hydrogen-bond acceptors (Lipinski definition) is 5. The average molecular weight is 314 g/mol. The number of hydrogen-bond donors (Lipinski definition) is 3. The van der Waals surface area contributed by atoms with Gasteiger partial charge in [0, 0.05) is 0 Å². The van der Waals surface area contributed by atoms with Gasteiger partial charge in [-0.15, -0.1) is 11.3 Å². The van der Waals surface area contributed by atoms with Crippen LogP contribution in [0.3, 0.4) is 0 Å². The molecule has 0 fully saturated rings. The molecule has 0 spiro atoms. The highest BCUT2D eigenvalue weighted by molar-refractivity contribution is 7.14. The summed E-state index contributed by atoms with van der Waals surface area (Å²) in [6.07, 6.45) is 0.427. The van der Waals surface area contributed by atoms with Gasteiger partial charge in [-0.2, -0.15) is 0 Å². The Morgan fingerprint density at radius 3 is 2.57 bits per heavy atom. The molecule has 1 aromatic rings. The summed E-state index contributed by atoms with van der Waals surface area (Å²) in [6.45, 7) is 3.83. The fraction of sp³-hybridized carbons (Fsp3) is 0.462. The second kappa shape index (κ2) is 7.63. The number of amides is 2. The number of ether oxygens (including phenoxy) is 1. The topological polar surface area (TPSA) is 105 Å². The quantitative estimate of drug-likeness (QED) is 0.698. The lowest BCUT2D eigenvalue weighted by Crippen LogP contribution is -2.44. The highest BCUT2D eigenvalue weighted by atomic mass is 32.1. The van der Waals surface area contributed by atoms with Crippen molar-refractivity contribution in [2.45, 2.75) is 26.3 Å². The number of rotatable bonds is 6. The SMILES string of the molecule is COC(=O)C(CC(C)C)NC(=O)Nc1sccc1C(=O)O. The number of carboxylic acid groups (broad SMARTS) is 1. The Morgan fingerprint density at radius 2 is 2.05 bits per heavy atom. The van der Waals surface area contributed by atoms with Gasteiger partial charge >= 0.3 is 18.0 Å². The molecule has 0 aromatic carbocycles. The van der Waals surface area contributed by atoms with Gasteiger partial charge in [0.15, 0.2) is 0 Å². The molecule has 0 aliphatic rings. The van der Waals surface area contributed by atoms with Crippen molar-refractivity contribution >= 4 is 34.3 Å². The second-order valence-corrected chi connectivity index (χ2v) is 5.69. The number of nitrogens with one attached hydrogen (secondary N) is 2. The minimum absolute atomic E-state index is 0.00799. The maximum absolute atomic E-state index is 11.9. The maximum Gasteiger partial charge on any atom is 0.338 e. The first kappa shape index (κ1) is 17.0. The zero-order valence-electron chi connectivity index (χ0n) is 12.0. The summed E-state index contributed by atoms with van der Waals surface area (Å²) in [5.41, 5.74) is 0.00799. The molecule has 0 aliphatic heterocycles. The van der Waals surface area contributed by atoms with Crippen molar-refractivity contribution < 1.29 is 24.2 Å². The lowest BCUT2D eigenvalue weighted by atomic mass is 10.0. The average Bonchev–Trinajstić information content (AvgIpc) is 2.84. The summed E-state index contributed by atoms with van der Waals surface area (Å²) >= 11 is 1.09. The minimum Gasteiger partial charge on any atom is -0.478 e. The van der Waals surface area contributed by atoms with Crippen molar-refractivity contribution in [1.82, 2.24) is 5.32 Å². The van der Waals surface area contributed by atoms with Gasteiger partial charge in [0.2, 0.25) is 0 Å². The molecule has 21 heavy (non-hydrogen) atoms. The number of methoxy groups -OCH3 is 1. The Balaban J connectivity index is 2.71. The number of esters is 1. The first-order chi connectivity index (χ1) is 9.85. The van der Waals surface area contributed by atoms with E-state index in [2.05, 4.69) is 15.4 Å². The molecule has 1 unspecified atom stereocenters. The van der Waals surface area contributed by atoms with Gasteiger partial charge in [-0.05, 0) is 23.8 Å². The van der Waals surface area contributed by atoms with E-state index in [1.807, 2.05) is 13.8 Å². The molecule has 116 valence electrons. The number of urea groups is 1. The van der Waals surface area contributed by atoms with Gasteiger partial charge in [0.25, 0.3) is 0 Å². The van der Waals surface area contributed by atoms with Crippen LogP contribution in [0.15, 0.2) is 11.4 Å². The second-order valence-electron chi connectivity index (χ2n) is 4.77. The molecule has 0 aliphatic carbocycles. The molecule has 0 saturated heterocycles.